The van der Waals surface area contributed by atoms with E-state index in [1.807, 2.05) is 18.2 Å². The van der Waals surface area contributed by atoms with Gasteiger partial charge in [0.2, 0.25) is 0 Å². The molecule has 1 aliphatic rings. The number of amides is 1. The number of para-hydroxylation sites is 1. The molecule has 0 saturated carbocycles. The Balaban J connectivity index is 1.55. The number of hydrogen-bond acceptors (Lipinski definition) is 4. The molecule has 2 aromatic carbocycles. The Bertz CT molecular complexity index is 845. The molecule has 1 heterocycles. The molecule has 2 aromatic rings. The summed E-state index contributed by atoms with van der Waals surface area (Å²) in [6, 6.07) is 13.9. The second kappa shape index (κ2) is 7.86. The Hall–Kier alpha value is -2.41. The van der Waals surface area contributed by atoms with Gasteiger partial charge in [0, 0.05) is 13.1 Å². The van der Waals surface area contributed by atoms with Crippen molar-refractivity contribution in [1.29, 1.82) is 0 Å². The number of piperidine rings is 1. The molecule has 5 nitrogen and oxygen atoms in total. The highest BCUT2D eigenvalue weighted by molar-refractivity contribution is 7.92. The van der Waals surface area contributed by atoms with Crippen LogP contribution in [-0.4, -0.2) is 44.2 Å². The predicted molar refractivity (Wildman–Crippen MR) is 95.1 cm³/mol. The van der Waals surface area contributed by atoms with E-state index in [1.165, 1.54) is 12.1 Å². The van der Waals surface area contributed by atoms with Gasteiger partial charge >= 0.3 is 0 Å². The van der Waals surface area contributed by atoms with Gasteiger partial charge in [0.1, 0.15) is 11.6 Å². The molecule has 3 rings (SSSR count). The van der Waals surface area contributed by atoms with Crippen molar-refractivity contribution in [2.75, 3.05) is 19.7 Å². The first-order valence-electron chi connectivity index (χ1n) is 8.42. The third-order valence-corrected chi connectivity index (χ3v) is 6.76. The van der Waals surface area contributed by atoms with Crippen LogP contribution in [0.5, 0.6) is 5.75 Å². The van der Waals surface area contributed by atoms with Crippen molar-refractivity contribution in [1.82, 2.24) is 4.90 Å². The molecule has 0 N–H and O–H groups in total. The van der Waals surface area contributed by atoms with Crippen molar-refractivity contribution < 1.29 is 22.3 Å². The van der Waals surface area contributed by atoms with Crippen molar-refractivity contribution in [3.05, 3.63) is 60.4 Å². The number of benzene rings is 2. The summed E-state index contributed by atoms with van der Waals surface area (Å²) in [5, 5.41) is -0.563. The Morgan fingerprint density at radius 2 is 1.65 bits per heavy atom. The van der Waals surface area contributed by atoms with Crippen LogP contribution in [-0.2, 0) is 14.6 Å². The Labute approximate surface area is 152 Å². The van der Waals surface area contributed by atoms with E-state index in [0.717, 1.165) is 12.1 Å². The Morgan fingerprint density at radius 1 is 1.04 bits per heavy atom. The quantitative estimate of drug-likeness (QED) is 0.752. The third kappa shape index (κ3) is 4.22. The van der Waals surface area contributed by atoms with Crippen LogP contribution in [0.2, 0.25) is 0 Å². The number of nitrogens with zero attached hydrogens (tertiary/aromatic N) is 1. The van der Waals surface area contributed by atoms with Crippen LogP contribution >= 0.6 is 0 Å². The molecular weight excluding hydrogens is 357 g/mol. The fourth-order valence-electron chi connectivity index (χ4n) is 2.99. The Morgan fingerprint density at radius 3 is 2.27 bits per heavy atom. The molecule has 1 fully saturated rings. The molecule has 0 unspecified atom stereocenters. The highest BCUT2D eigenvalue weighted by Crippen LogP contribution is 2.25. The molecule has 0 radical (unpaired) electrons. The summed E-state index contributed by atoms with van der Waals surface area (Å²) < 4.78 is 43.7. The number of halogens is 1. The van der Waals surface area contributed by atoms with Crippen molar-refractivity contribution in [3.63, 3.8) is 0 Å². The lowest BCUT2D eigenvalue weighted by molar-refractivity contribution is -0.134. The van der Waals surface area contributed by atoms with Gasteiger partial charge in [-0.05, 0) is 49.2 Å². The first-order chi connectivity index (χ1) is 12.5. The standard InChI is InChI=1S/C19H20FNO4S/c20-15-6-8-17(9-7-15)26(23,24)18-10-12-21(13-11-18)19(22)14-25-16-4-2-1-3-5-16/h1-9,18H,10-14H2. The van der Waals surface area contributed by atoms with Gasteiger partial charge in [-0.1, -0.05) is 18.2 Å². The maximum absolute atomic E-state index is 13.0. The predicted octanol–water partition coefficient (Wildman–Crippen LogP) is 2.67. The van der Waals surface area contributed by atoms with Crippen LogP contribution < -0.4 is 4.74 Å². The molecule has 0 aromatic heterocycles. The first-order valence-corrected chi connectivity index (χ1v) is 9.96. The van der Waals surface area contributed by atoms with E-state index in [1.54, 1.807) is 17.0 Å². The van der Waals surface area contributed by atoms with Gasteiger partial charge in [-0.25, -0.2) is 12.8 Å². The van der Waals surface area contributed by atoms with Gasteiger partial charge in [0.15, 0.2) is 16.4 Å². The van der Waals surface area contributed by atoms with Crippen LogP contribution in [0, 0.1) is 5.82 Å². The summed E-state index contributed by atoms with van der Waals surface area (Å²) in [6.45, 7) is 0.656. The monoisotopic (exact) mass is 377 g/mol. The molecule has 26 heavy (non-hydrogen) atoms. The summed E-state index contributed by atoms with van der Waals surface area (Å²) in [4.78, 5) is 14.0. The van der Waals surface area contributed by atoms with Crippen molar-refractivity contribution in [2.24, 2.45) is 0 Å². The topological polar surface area (TPSA) is 63.7 Å². The zero-order chi connectivity index (χ0) is 18.6. The molecule has 0 atom stereocenters. The van der Waals surface area contributed by atoms with Crippen molar-refractivity contribution in [3.8, 4) is 5.75 Å². The summed E-state index contributed by atoms with van der Waals surface area (Å²) in [5.74, 6) is -0.0103. The van der Waals surface area contributed by atoms with Crippen LogP contribution in [0.25, 0.3) is 0 Å². The molecule has 0 bridgehead atoms. The maximum atomic E-state index is 13.0. The normalized spacial score (nSPS) is 15.7. The molecule has 1 amide bonds. The fourth-order valence-corrected chi connectivity index (χ4v) is 4.72. The first kappa shape index (κ1) is 18.4. The van der Waals surface area contributed by atoms with Crippen LogP contribution in [0.4, 0.5) is 4.39 Å². The zero-order valence-corrected chi connectivity index (χ0v) is 15.0. The average Bonchev–Trinajstić information content (AvgIpc) is 2.67. The lowest BCUT2D eigenvalue weighted by atomic mass is 10.1. The van der Waals surface area contributed by atoms with E-state index < -0.39 is 20.9 Å². The van der Waals surface area contributed by atoms with Crippen molar-refractivity contribution >= 4 is 15.7 Å². The highest BCUT2D eigenvalue weighted by Gasteiger charge is 2.32. The minimum atomic E-state index is -3.52. The van der Waals surface area contributed by atoms with Gasteiger partial charge in [0.25, 0.3) is 5.91 Å². The zero-order valence-electron chi connectivity index (χ0n) is 14.2. The largest absolute Gasteiger partial charge is 0.484 e. The number of carbonyl (C=O) groups is 1. The number of likely N-dealkylation sites (tertiary alicyclic amines) is 1. The van der Waals surface area contributed by atoms with Gasteiger partial charge < -0.3 is 9.64 Å². The minimum Gasteiger partial charge on any atom is -0.484 e. The summed E-state index contributed by atoms with van der Waals surface area (Å²) >= 11 is 0. The minimum absolute atomic E-state index is 0.0700. The molecule has 0 aliphatic carbocycles. The number of ether oxygens (including phenoxy) is 1. The van der Waals surface area contributed by atoms with Crippen LogP contribution in [0.3, 0.4) is 0 Å². The smallest absolute Gasteiger partial charge is 0.260 e. The van der Waals surface area contributed by atoms with E-state index in [2.05, 4.69) is 0 Å². The van der Waals surface area contributed by atoms with Crippen molar-refractivity contribution in [2.45, 2.75) is 23.0 Å². The van der Waals surface area contributed by atoms with E-state index in [0.29, 0.717) is 31.7 Å². The molecule has 0 spiro atoms. The fraction of sp³-hybridized carbons (Fsp3) is 0.316. The molecule has 7 heteroatoms. The second-order valence-corrected chi connectivity index (χ2v) is 8.41. The summed E-state index contributed by atoms with van der Waals surface area (Å²) in [6.07, 6.45) is 0.716. The number of hydrogen-bond donors (Lipinski definition) is 0. The number of rotatable bonds is 5. The van der Waals surface area contributed by atoms with Gasteiger partial charge in [-0.2, -0.15) is 0 Å². The van der Waals surface area contributed by atoms with E-state index in [9.17, 15) is 17.6 Å². The molecule has 138 valence electrons. The number of carbonyl (C=O) groups excluding carboxylic acids is 1. The average molecular weight is 377 g/mol. The SMILES string of the molecule is O=C(COc1ccccc1)N1CCC(S(=O)(=O)c2ccc(F)cc2)CC1. The lowest BCUT2D eigenvalue weighted by Gasteiger charge is -2.31. The van der Waals surface area contributed by atoms with Crippen LogP contribution in [0.15, 0.2) is 59.5 Å². The van der Waals surface area contributed by atoms with Gasteiger partial charge in [-0.15, -0.1) is 0 Å². The van der Waals surface area contributed by atoms with E-state index in [4.69, 9.17) is 4.74 Å². The molecular formula is C19H20FNO4S. The van der Waals surface area contributed by atoms with E-state index >= 15 is 0 Å². The lowest BCUT2D eigenvalue weighted by Crippen LogP contribution is -2.44. The van der Waals surface area contributed by atoms with Gasteiger partial charge in [-0.3, -0.25) is 4.79 Å². The van der Waals surface area contributed by atoms with E-state index in [-0.39, 0.29) is 17.4 Å². The highest BCUT2D eigenvalue weighted by atomic mass is 32.2. The summed E-state index contributed by atoms with van der Waals surface area (Å²) in [7, 11) is -3.52. The summed E-state index contributed by atoms with van der Waals surface area (Å²) in [5.41, 5.74) is 0. The second-order valence-electron chi connectivity index (χ2n) is 6.18. The number of sulfone groups is 1. The Kier molecular flexibility index (Phi) is 5.56. The maximum Gasteiger partial charge on any atom is 0.260 e. The third-order valence-electron chi connectivity index (χ3n) is 4.48. The van der Waals surface area contributed by atoms with Gasteiger partial charge in [0.05, 0.1) is 10.1 Å². The molecule has 1 aliphatic heterocycles. The van der Waals surface area contributed by atoms with Crippen LogP contribution in [0.1, 0.15) is 12.8 Å². The molecule has 1 saturated heterocycles.